The summed E-state index contributed by atoms with van der Waals surface area (Å²) in [7, 11) is 0. The minimum Gasteiger partial charge on any atom is -0.478 e. The molecule has 3 N–H and O–H groups in total. The highest BCUT2D eigenvalue weighted by atomic mass is 16.4. The molecule has 0 radical (unpaired) electrons. The van der Waals surface area contributed by atoms with E-state index in [9.17, 15) is 9.90 Å². The van der Waals surface area contributed by atoms with Gasteiger partial charge in [0.1, 0.15) is 0 Å². The first-order valence-electron chi connectivity index (χ1n) is 8.11. The quantitative estimate of drug-likeness (QED) is 0.677. The number of carboxylic acid groups (broad SMARTS) is 1. The molecule has 1 heterocycles. The minimum absolute atomic E-state index is 0.132. The normalized spacial score (nSPS) is 10.9. The van der Waals surface area contributed by atoms with Gasteiger partial charge in [0.15, 0.2) is 0 Å². The molecule has 0 saturated carbocycles. The van der Waals surface area contributed by atoms with Gasteiger partial charge in [-0.25, -0.2) is 4.79 Å². The Kier molecular flexibility index (Phi) is 4.47. The van der Waals surface area contributed by atoms with Crippen molar-refractivity contribution in [3.05, 3.63) is 59.8 Å². The number of aryl methyl sites for hydroxylation is 1. The highest BCUT2D eigenvalue weighted by molar-refractivity contribution is 5.99. The number of anilines is 1. The van der Waals surface area contributed by atoms with Gasteiger partial charge in [-0.3, -0.25) is 4.98 Å². The Hall–Kier alpha value is -2.88. The zero-order valence-electron chi connectivity index (χ0n) is 13.6. The molecule has 4 heteroatoms. The molecular formula is C20H20N2O2. The summed E-state index contributed by atoms with van der Waals surface area (Å²) in [6.45, 7) is 2.16. The van der Waals surface area contributed by atoms with Crippen molar-refractivity contribution in [3.8, 4) is 11.1 Å². The zero-order valence-corrected chi connectivity index (χ0v) is 13.6. The van der Waals surface area contributed by atoms with Crippen LogP contribution in [0.5, 0.6) is 0 Å². The molecule has 24 heavy (non-hydrogen) atoms. The van der Waals surface area contributed by atoms with Crippen LogP contribution in [0, 0.1) is 0 Å². The van der Waals surface area contributed by atoms with Crippen molar-refractivity contribution >= 4 is 22.6 Å². The second kappa shape index (κ2) is 6.71. The number of carboxylic acids is 1. The third-order valence-corrected chi connectivity index (χ3v) is 4.22. The lowest BCUT2D eigenvalue weighted by atomic mass is 9.93. The first-order valence-corrected chi connectivity index (χ1v) is 8.11. The number of aromatic carboxylic acids is 1. The van der Waals surface area contributed by atoms with E-state index in [0.29, 0.717) is 0 Å². The molecule has 0 spiro atoms. The minimum atomic E-state index is -1.01. The molecular weight excluding hydrogens is 300 g/mol. The summed E-state index contributed by atoms with van der Waals surface area (Å²) in [6, 6.07) is 13.1. The standard InChI is InChI=1S/C20H20N2O2/c1-2-3-6-14-12-22-18-8-5-4-7-16(18)19(14)13-9-10-15(20(23)24)17(21)11-13/h4-5,7-12H,2-3,6,21H2,1H3,(H,23,24). The van der Waals surface area contributed by atoms with Gasteiger partial charge >= 0.3 is 5.97 Å². The predicted molar refractivity (Wildman–Crippen MR) is 97.2 cm³/mol. The highest BCUT2D eigenvalue weighted by Crippen LogP contribution is 2.33. The Morgan fingerprint density at radius 1 is 1.21 bits per heavy atom. The predicted octanol–water partition coefficient (Wildman–Crippen LogP) is 4.52. The van der Waals surface area contributed by atoms with E-state index in [2.05, 4.69) is 18.0 Å². The second-order valence-electron chi connectivity index (χ2n) is 5.89. The molecule has 4 nitrogen and oxygen atoms in total. The number of hydrogen-bond donors (Lipinski definition) is 2. The molecule has 122 valence electrons. The number of benzene rings is 2. The van der Waals surface area contributed by atoms with Crippen molar-refractivity contribution < 1.29 is 9.90 Å². The molecule has 0 fully saturated rings. The molecule has 3 rings (SSSR count). The molecule has 0 bridgehead atoms. The fourth-order valence-corrected chi connectivity index (χ4v) is 2.99. The van der Waals surface area contributed by atoms with Crippen LogP contribution in [0.1, 0.15) is 35.7 Å². The largest absolute Gasteiger partial charge is 0.478 e. The Morgan fingerprint density at radius 3 is 2.71 bits per heavy atom. The van der Waals surface area contributed by atoms with Crippen molar-refractivity contribution in [2.45, 2.75) is 26.2 Å². The van der Waals surface area contributed by atoms with Crippen LogP contribution >= 0.6 is 0 Å². The lowest BCUT2D eigenvalue weighted by molar-refractivity contribution is 0.0698. The van der Waals surface area contributed by atoms with Crippen molar-refractivity contribution in [3.63, 3.8) is 0 Å². The fourth-order valence-electron chi connectivity index (χ4n) is 2.99. The zero-order chi connectivity index (χ0) is 17.1. The van der Waals surface area contributed by atoms with Gasteiger partial charge < -0.3 is 10.8 Å². The molecule has 0 aliphatic carbocycles. The van der Waals surface area contributed by atoms with Gasteiger partial charge in [0.25, 0.3) is 0 Å². The van der Waals surface area contributed by atoms with E-state index >= 15 is 0 Å². The first kappa shape index (κ1) is 16.0. The third-order valence-electron chi connectivity index (χ3n) is 4.22. The van der Waals surface area contributed by atoms with E-state index in [1.165, 1.54) is 0 Å². The van der Waals surface area contributed by atoms with Crippen LogP contribution in [-0.4, -0.2) is 16.1 Å². The number of nitrogen functional groups attached to an aromatic ring is 1. The van der Waals surface area contributed by atoms with Crippen LogP contribution < -0.4 is 5.73 Å². The van der Waals surface area contributed by atoms with E-state index in [4.69, 9.17) is 5.73 Å². The van der Waals surface area contributed by atoms with Crippen LogP contribution in [0.4, 0.5) is 5.69 Å². The number of unbranched alkanes of at least 4 members (excludes halogenated alkanes) is 1. The number of carbonyl (C=O) groups is 1. The van der Waals surface area contributed by atoms with Gasteiger partial charge in [-0.2, -0.15) is 0 Å². The molecule has 3 aromatic rings. The average Bonchev–Trinajstić information content (AvgIpc) is 2.58. The van der Waals surface area contributed by atoms with Gasteiger partial charge in [0.2, 0.25) is 0 Å². The summed E-state index contributed by atoms with van der Waals surface area (Å²) in [5.41, 5.74) is 10.5. The summed E-state index contributed by atoms with van der Waals surface area (Å²) in [4.78, 5) is 15.8. The third kappa shape index (κ3) is 2.95. The van der Waals surface area contributed by atoms with Gasteiger partial charge in [0, 0.05) is 17.3 Å². The SMILES string of the molecule is CCCCc1cnc2ccccc2c1-c1ccc(C(=O)O)c(N)c1. The summed E-state index contributed by atoms with van der Waals surface area (Å²) < 4.78 is 0. The monoisotopic (exact) mass is 320 g/mol. The number of pyridine rings is 1. The average molecular weight is 320 g/mol. The highest BCUT2D eigenvalue weighted by Gasteiger charge is 2.14. The molecule has 0 amide bonds. The van der Waals surface area contributed by atoms with E-state index in [1.807, 2.05) is 30.5 Å². The smallest absolute Gasteiger partial charge is 0.337 e. The number of rotatable bonds is 5. The fraction of sp³-hybridized carbons (Fsp3) is 0.200. The number of hydrogen-bond acceptors (Lipinski definition) is 3. The van der Waals surface area contributed by atoms with E-state index in [-0.39, 0.29) is 11.3 Å². The van der Waals surface area contributed by atoms with Crippen LogP contribution in [0.15, 0.2) is 48.7 Å². The maximum atomic E-state index is 11.2. The number of nitrogens with two attached hydrogens (primary N) is 1. The van der Waals surface area contributed by atoms with Gasteiger partial charge in [0.05, 0.1) is 11.1 Å². The number of nitrogens with zero attached hydrogens (tertiary/aromatic N) is 1. The van der Waals surface area contributed by atoms with Crippen molar-refractivity contribution in [2.75, 3.05) is 5.73 Å². The van der Waals surface area contributed by atoms with Gasteiger partial charge in [-0.15, -0.1) is 0 Å². The van der Waals surface area contributed by atoms with Crippen molar-refractivity contribution in [1.29, 1.82) is 0 Å². The topological polar surface area (TPSA) is 76.2 Å². The first-order chi connectivity index (χ1) is 11.6. The van der Waals surface area contributed by atoms with Crippen LogP contribution in [0.3, 0.4) is 0 Å². The molecule has 1 aromatic heterocycles. The van der Waals surface area contributed by atoms with Crippen molar-refractivity contribution in [2.24, 2.45) is 0 Å². The number of para-hydroxylation sites is 1. The second-order valence-corrected chi connectivity index (χ2v) is 5.89. The molecule has 0 aliphatic rings. The molecule has 0 aliphatic heterocycles. The van der Waals surface area contributed by atoms with E-state index < -0.39 is 5.97 Å². The summed E-state index contributed by atoms with van der Waals surface area (Å²) in [6.07, 6.45) is 5.04. The lowest BCUT2D eigenvalue weighted by Gasteiger charge is -2.14. The van der Waals surface area contributed by atoms with Crippen LogP contribution in [0.2, 0.25) is 0 Å². The summed E-state index contributed by atoms with van der Waals surface area (Å²) in [5, 5.41) is 10.2. The van der Waals surface area contributed by atoms with E-state index in [1.54, 1.807) is 12.1 Å². The molecule has 0 saturated heterocycles. The maximum Gasteiger partial charge on any atom is 0.337 e. The number of fused-ring (bicyclic) bond motifs is 1. The maximum absolute atomic E-state index is 11.2. The van der Waals surface area contributed by atoms with Crippen molar-refractivity contribution in [1.82, 2.24) is 4.98 Å². The van der Waals surface area contributed by atoms with Crippen LogP contribution in [-0.2, 0) is 6.42 Å². The summed E-state index contributed by atoms with van der Waals surface area (Å²) in [5.74, 6) is -1.01. The Bertz CT molecular complexity index is 903. The Labute approximate surface area is 141 Å². The molecule has 0 atom stereocenters. The van der Waals surface area contributed by atoms with E-state index in [0.717, 1.165) is 46.9 Å². The Balaban J connectivity index is 2.22. The number of aromatic nitrogens is 1. The van der Waals surface area contributed by atoms with Gasteiger partial charge in [-0.05, 0) is 47.7 Å². The van der Waals surface area contributed by atoms with Gasteiger partial charge in [-0.1, -0.05) is 37.6 Å². The molecule has 0 unspecified atom stereocenters. The van der Waals surface area contributed by atoms with Crippen LogP contribution in [0.25, 0.3) is 22.0 Å². The molecule has 2 aromatic carbocycles. The lowest BCUT2D eigenvalue weighted by Crippen LogP contribution is -2.03. The Morgan fingerprint density at radius 2 is 2.00 bits per heavy atom. The summed E-state index contributed by atoms with van der Waals surface area (Å²) >= 11 is 0.